The fourth-order valence-electron chi connectivity index (χ4n) is 2.21. The number of nitro groups is 1. The highest BCUT2D eigenvalue weighted by molar-refractivity contribution is 5.50. The van der Waals surface area contributed by atoms with Crippen molar-refractivity contribution in [1.29, 1.82) is 0 Å². The van der Waals surface area contributed by atoms with Crippen molar-refractivity contribution in [2.45, 2.75) is 84.0 Å². The molecule has 0 aliphatic heterocycles. The summed E-state index contributed by atoms with van der Waals surface area (Å²) in [6.45, 7) is 2.13. The Balaban J connectivity index is 3.73. The third kappa shape index (κ3) is 13.5. The molecule has 0 aliphatic carbocycles. The van der Waals surface area contributed by atoms with Gasteiger partial charge >= 0.3 is 0 Å². The zero-order valence-corrected chi connectivity index (χ0v) is 13.9. The lowest BCUT2D eigenvalue weighted by Gasteiger charge is -1.98. The van der Waals surface area contributed by atoms with Gasteiger partial charge < -0.3 is 0 Å². The third-order valence-electron chi connectivity index (χ3n) is 3.57. The summed E-state index contributed by atoms with van der Waals surface area (Å²) in [6, 6.07) is 0. The van der Waals surface area contributed by atoms with Crippen molar-refractivity contribution in [3.8, 4) is 0 Å². The van der Waals surface area contributed by atoms with Crippen LogP contribution in [0.15, 0.2) is 23.9 Å². The molecule has 0 aliphatic rings. The average molecular weight is 308 g/mol. The average Bonchev–Trinajstić information content (AvgIpc) is 2.50. The molecule has 0 aromatic carbocycles. The van der Waals surface area contributed by atoms with Gasteiger partial charge in [-0.15, -0.1) is 0 Å². The molecule has 0 aromatic rings. The molecule has 0 bridgehead atoms. The molecule has 0 spiro atoms. The van der Waals surface area contributed by atoms with E-state index in [1.54, 1.807) is 6.08 Å². The van der Waals surface area contributed by atoms with E-state index in [0.717, 1.165) is 64.2 Å². The SMILES string of the molecule is CCCCC/C=C(/C/C=C/CCCCCCC[C]=O)[N+](=O)[O-]. The summed E-state index contributed by atoms with van der Waals surface area (Å²) in [6.07, 6.45) is 19.1. The summed E-state index contributed by atoms with van der Waals surface area (Å²) in [5.41, 5.74) is 0.317. The van der Waals surface area contributed by atoms with Gasteiger partial charge in [0.1, 0.15) is 0 Å². The number of carbonyl (C=O) groups excluding carboxylic acids is 1. The van der Waals surface area contributed by atoms with Gasteiger partial charge in [0.2, 0.25) is 5.70 Å². The molecule has 0 saturated carbocycles. The molecular formula is C18H30NO3. The smallest absolute Gasteiger partial charge is 0.246 e. The van der Waals surface area contributed by atoms with Crippen LogP contribution in [-0.2, 0) is 4.79 Å². The van der Waals surface area contributed by atoms with E-state index < -0.39 is 0 Å². The van der Waals surface area contributed by atoms with Crippen LogP contribution in [0.1, 0.15) is 84.0 Å². The van der Waals surface area contributed by atoms with Crippen LogP contribution in [0.25, 0.3) is 0 Å². The maximum atomic E-state index is 10.9. The molecule has 1 radical (unpaired) electrons. The quantitative estimate of drug-likeness (QED) is 0.173. The maximum Gasteiger partial charge on any atom is 0.246 e. The fourth-order valence-corrected chi connectivity index (χ4v) is 2.21. The summed E-state index contributed by atoms with van der Waals surface area (Å²) in [7, 11) is 0. The third-order valence-corrected chi connectivity index (χ3v) is 3.57. The molecule has 0 amide bonds. The van der Waals surface area contributed by atoms with E-state index in [4.69, 9.17) is 0 Å². The predicted molar refractivity (Wildman–Crippen MR) is 91.0 cm³/mol. The molecule has 22 heavy (non-hydrogen) atoms. The zero-order valence-electron chi connectivity index (χ0n) is 13.9. The van der Waals surface area contributed by atoms with E-state index in [-0.39, 0.29) is 4.92 Å². The van der Waals surface area contributed by atoms with Gasteiger partial charge in [-0.05, 0) is 38.2 Å². The van der Waals surface area contributed by atoms with Gasteiger partial charge in [0.05, 0.1) is 11.3 Å². The van der Waals surface area contributed by atoms with Crippen molar-refractivity contribution in [2.24, 2.45) is 0 Å². The van der Waals surface area contributed by atoms with Crippen LogP contribution < -0.4 is 0 Å². The van der Waals surface area contributed by atoms with E-state index in [9.17, 15) is 14.9 Å². The normalized spacial score (nSPS) is 12.0. The molecule has 0 aromatic heterocycles. The molecule has 0 N–H and O–H groups in total. The molecule has 0 atom stereocenters. The van der Waals surface area contributed by atoms with Gasteiger partial charge in [0.15, 0.2) is 6.29 Å². The van der Waals surface area contributed by atoms with Gasteiger partial charge in [-0.2, -0.15) is 0 Å². The Bertz CT molecular complexity index is 348. The number of rotatable bonds is 15. The first-order valence-corrected chi connectivity index (χ1v) is 8.55. The van der Waals surface area contributed by atoms with Crippen LogP contribution in [0.3, 0.4) is 0 Å². The summed E-state index contributed by atoms with van der Waals surface area (Å²) in [4.78, 5) is 20.7. The molecule has 0 fully saturated rings. The molecule has 125 valence electrons. The van der Waals surface area contributed by atoms with Gasteiger partial charge in [0.25, 0.3) is 0 Å². The van der Waals surface area contributed by atoms with Crippen molar-refractivity contribution < 1.29 is 9.72 Å². The van der Waals surface area contributed by atoms with Gasteiger partial charge in [-0.3, -0.25) is 14.9 Å². The van der Waals surface area contributed by atoms with Gasteiger partial charge in [0, 0.05) is 6.42 Å². The maximum absolute atomic E-state index is 10.9. The second-order valence-corrected chi connectivity index (χ2v) is 5.57. The van der Waals surface area contributed by atoms with Crippen LogP contribution in [0.4, 0.5) is 0 Å². The van der Waals surface area contributed by atoms with E-state index in [0.29, 0.717) is 18.5 Å². The monoisotopic (exact) mass is 308 g/mol. The number of unbranched alkanes of at least 4 members (excludes halogenated alkanes) is 9. The lowest BCUT2D eigenvalue weighted by atomic mass is 10.1. The Labute approximate surface area is 134 Å². The van der Waals surface area contributed by atoms with Crippen LogP contribution in [0, 0.1) is 10.1 Å². The van der Waals surface area contributed by atoms with Crippen LogP contribution in [-0.4, -0.2) is 11.2 Å². The molecule has 0 rings (SSSR count). The van der Waals surface area contributed by atoms with Crippen molar-refractivity contribution in [3.63, 3.8) is 0 Å². The van der Waals surface area contributed by atoms with Crippen molar-refractivity contribution in [1.82, 2.24) is 0 Å². The number of hydrogen-bond acceptors (Lipinski definition) is 3. The van der Waals surface area contributed by atoms with Crippen LogP contribution in [0.5, 0.6) is 0 Å². The van der Waals surface area contributed by atoms with Crippen molar-refractivity contribution >= 4 is 6.29 Å². The van der Waals surface area contributed by atoms with E-state index in [2.05, 4.69) is 6.92 Å². The van der Waals surface area contributed by atoms with Crippen molar-refractivity contribution in [2.75, 3.05) is 0 Å². The molecule has 0 saturated heterocycles. The standard InChI is InChI=1S/C18H30NO3/c1-2-3-4-12-15-18(19(21)22)16-13-10-8-6-5-7-9-11-14-17-20/h10,13,15H,2-9,11-12,14,16H2,1H3/b13-10+,18-15-. The highest BCUT2D eigenvalue weighted by Crippen LogP contribution is 2.10. The first-order chi connectivity index (χ1) is 10.7. The largest absolute Gasteiger partial charge is 0.291 e. The summed E-state index contributed by atoms with van der Waals surface area (Å²) < 4.78 is 0. The number of nitrogens with zero attached hydrogens (tertiary/aromatic N) is 1. The minimum absolute atomic E-state index is 0.264. The first kappa shape index (κ1) is 20.6. The minimum Gasteiger partial charge on any atom is -0.291 e. The lowest BCUT2D eigenvalue weighted by molar-refractivity contribution is -0.427. The first-order valence-electron chi connectivity index (χ1n) is 8.55. The Morgan fingerprint density at radius 2 is 1.68 bits per heavy atom. The fraction of sp³-hybridized carbons (Fsp3) is 0.722. The molecular weight excluding hydrogens is 278 g/mol. The molecule has 4 nitrogen and oxygen atoms in total. The van der Waals surface area contributed by atoms with E-state index >= 15 is 0 Å². The van der Waals surface area contributed by atoms with Crippen LogP contribution >= 0.6 is 0 Å². The molecule has 0 unspecified atom stereocenters. The van der Waals surface area contributed by atoms with E-state index in [1.165, 1.54) is 0 Å². The zero-order chi connectivity index (χ0) is 16.5. The van der Waals surface area contributed by atoms with Crippen molar-refractivity contribution in [3.05, 3.63) is 34.0 Å². The minimum atomic E-state index is -0.264. The molecule has 0 heterocycles. The highest BCUT2D eigenvalue weighted by atomic mass is 16.6. The summed E-state index contributed by atoms with van der Waals surface area (Å²) >= 11 is 0. The summed E-state index contributed by atoms with van der Waals surface area (Å²) in [5, 5.41) is 10.9. The molecule has 4 heteroatoms. The topological polar surface area (TPSA) is 60.2 Å². The second-order valence-electron chi connectivity index (χ2n) is 5.57. The highest BCUT2D eigenvalue weighted by Gasteiger charge is 2.06. The van der Waals surface area contributed by atoms with Gasteiger partial charge in [-0.25, -0.2) is 0 Å². The van der Waals surface area contributed by atoms with Gasteiger partial charge in [-0.1, -0.05) is 51.2 Å². The summed E-state index contributed by atoms with van der Waals surface area (Å²) in [5.74, 6) is 0. The Hall–Kier alpha value is -1.45. The number of allylic oxidation sites excluding steroid dienone is 3. The lowest BCUT2D eigenvalue weighted by Crippen LogP contribution is -1.97. The predicted octanol–water partition coefficient (Wildman–Crippen LogP) is 5.51. The Morgan fingerprint density at radius 3 is 2.36 bits per heavy atom. The van der Waals surface area contributed by atoms with Crippen LogP contribution in [0.2, 0.25) is 0 Å². The Kier molecular flexibility index (Phi) is 14.9. The number of hydrogen-bond donors (Lipinski definition) is 0. The Morgan fingerprint density at radius 1 is 1.00 bits per heavy atom. The second kappa shape index (κ2) is 15.9. The van der Waals surface area contributed by atoms with E-state index in [1.807, 2.05) is 18.4 Å².